The Labute approximate surface area is 182 Å². The Bertz CT molecular complexity index is 861. The number of benzene rings is 2. The summed E-state index contributed by atoms with van der Waals surface area (Å²) in [5, 5.41) is 9.35. The van der Waals surface area contributed by atoms with E-state index < -0.39 is 10.1 Å². The van der Waals surface area contributed by atoms with Crippen molar-refractivity contribution in [2.75, 3.05) is 44.2 Å². The molecule has 30 heavy (non-hydrogen) atoms. The van der Waals surface area contributed by atoms with Gasteiger partial charge in [0.05, 0.1) is 37.6 Å². The van der Waals surface area contributed by atoms with Crippen molar-refractivity contribution >= 4 is 15.8 Å². The minimum Gasteiger partial charge on any atom is -0.744 e. The van der Waals surface area contributed by atoms with Crippen LogP contribution in [0.5, 0.6) is 5.75 Å². The van der Waals surface area contributed by atoms with E-state index in [1.165, 1.54) is 54.9 Å². The highest BCUT2D eigenvalue weighted by atomic mass is 32.2. The first kappa shape index (κ1) is 25.9. The van der Waals surface area contributed by atoms with Crippen molar-refractivity contribution in [1.82, 2.24) is 0 Å². The molecule has 1 aliphatic heterocycles. The van der Waals surface area contributed by atoms with Gasteiger partial charge in [-0.3, -0.25) is 0 Å². The number of nitrogens with zero attached hydrogens (tertiary/aromatic N) is 2. The summed E-state index contributed by atoms with van der Waals surface area (Å²) in [5.74, 6) is 0.348. The lowest BCUT2D eigenvalue weighted by Gasteiger charge is -2.35. The van der Waals surface area contributed by atoms with E-state index in [0.29, 0.717) is 5.75 Å². The molecule has 1 saturated heterocycles. The van der Waals surface area contributed by atoms with Crippen LogP contribution in [0.15, 0.2) is 53.4 Å². The third-order valence-corrected chi connectivity index (χ3v) is 6.62. The van der Waals surface area contributed by atoms with Crippen LogP contribution in [0, 0.1) is 6.92 Å². The van der Waals surface area contributed by atoms with E-state index in [-0.39, 0.29) is 12.3 Å². The van der Waals surface area contributed by atoms with Crippen molar-refractivity contribution in [3.63, 3.8) is 0 Å². The molecule has 1 N–H and O–H groups in total. The van der Waals surface area contributed by atoms with Crippen LogP contribution < -0.4 is 4.90 Å². The number of quaternary nitrogens is 1. The molecule has 0 saturated carbocycles. The van der Waals surface area contributed by atoms with Gasteiger partial charge in [0.15, 0.2) is 0 Å². The van der Waals surface area contributed by atoms with Crippen LogP contribution >= 0.6 is 0 Å². The van der Waals surface area contributed by atoms with Crippen molar-refractivity contribution in [3.05, 3.63) is 54.1 Å². The summed E-state index contributed by atoms with van der Waals surface area (Å²) < 4.78 is 32.4. The molecule has 0 aromatic heterocycles. The summed E-state index contributed by atoms with van der Waals surface area (Å²) in [6, 6.07) is 13.4. The molecule has 0 bridgehead atoms. The van der Waals surface area contributed by atoms with Gasteiger partial charge >= 0.3 is 0 Å². The number of hydrogen-bond acceptors (Lipinski definition) is 5. The second-order valence-electron chi connectivity index (χ2n) is 7.55. The molecule has 0 unspecified atom stereocenters. The first-order valence-corrected chi connectivity index (χ1v) is 11.5. The number of aromatic hydroxyl groups is 1. The van der Waals surface area contributed by atoms with Gasteiger partial charge in [0.25, 0.3) is 0 Å². The normalized spacial score (nSPS) is 15.9. The molecule has 168 valence electrons. The minimum absolute atomic E-state index is 0. The molecule has 3 rings (SSSR count). The van der Waals surface area contributed by atoms with E-state index in [1.807, 2.05) is 19.1 Å². The topological polar surface area (TPSA) is 80.7 Å². The molecule has 1 aliphatic rings. The van der Waals surface area contributed by atoms with Crippen LogP contribution in [0.4, 0.5) is 5.69 Å². The number of aryl methyl sites for hydroxylation is 1. The Balaban J connectivity index is 0.000000324. The fourth-order valence-electron chi connectivity index (χ4n) is 3.64. The molecule has 0 amide bonds. The molecule has 2 aromatic rings. The number of likely N-dealkylation sites (N-methyl/N-ethyl adjacent to an activating group) is 1. The van der Waals surface area contributed by atoms with Crippen molar-refractivity contribution in [2.45, 2.75) is 39.5 Å². The van der Waals surface area contributed by atoms with Gasteiger partial charge in [-0.1, -0.05) is 25.1 Å². The van der Waals surface area contributed by atoms with Crippen molar-refractivity contribution in [3.8, 4) is 5.75 Å². The minimum atomic E-state index is -4.27. The van der Waals surface area contributed by atoms with Crippen LogP contribution in [-0.4, -0.2) is 61.8 Å². The van der Waals surface area contributed by atoms with E-state index >= 15 is 0 Å². The lowest BCUT2D eigenvalue weighted by molar-refractivity contribution is -0.922. The standard InChI is InChI=1S/C15H24N2O.C7H8O3S.CH4/c1-3-17(4-2)12-5-10-16(11-13-17)14-6-8-15(18)9-7-14;1-6-2-4-7(5-3-6)11(8,9)10;/h6-9H,3-5,10-13H2,1-2H3;2-5H,1H3,(H,8,9,10);1H4. The number of anilines is 1. The maximum atomic E-state index is 10.4. The zero-order chi connectivity index (χ0) is 21.5. The van der Waals surface area contributed by atoms with Crippen LogP contribution in [0.25, 0.3) is 0 Å². The fraction of sp³-hybridized carbons (Fsp3) is 0.478. The molecular formula is C23H36N2O4S. The summed E-state index contributed by atoms with van der Waals surface area (Å²) in [4.78, 5) is 2.27. The monoisotopic (exact) mass is 436 g/mol. The number of phenolic OH excluding ortho intramolecular Hbond substituents is 1. The van der Waals surface area contributed by atoms with Crippen LogP contribution in [-0.2, 0) is 10.1 Å². The number of hydrogen-bond donors (Lipinski definition) is 1. The van der Waals surface area contributed by atoms with E-state index in [2.05, 4.69) is 18.7 Å². The van der Waals surface area contributed by atoms with Gasteiger partial charge in [-0.2, -0.15) is 0 Å². The van der Waals surface area contributed by atoms with Crippen molar-refractivity contribution in [2.24, 2.45) is 0 Å². The Morgan fingerprint density at radius 2 is 1.53 bits per heavy atom. The van der Waals surface area contributed by atoms with E-state index in [1.54, 1.807) is 24.3 Å². The molecular weight excluding hydrogens is 400 g/mol. The Morgan fingerprint density at radius 1 is 0.967 bits per heavy atom. The third-order valence-electron chi connectivity index (χ3n) is 5.77. The molecule has 1 heterocycles. The van der Waals surface area contributed by atoms with Gasteiger partial charge in [-0.15, -0.1) is 0 Å². The largest absolute Gasteiger partial charge is 0.744 e. The number of phenols is 1. The zero-order valence-electron chi connectivity index (χ0n) is 17.5. The summed E-state index contributed by atoms with van der Waals surface area (Å²) in [6.07, 6.45) is 1.25. The molecule has 0 aliphatic carbocycles. The molecule has 0 atom stereocenters. The molecule has 2 aromatic carbocycles. The van der Waals surface area contributed by atoms with Crippen LogP contribution in [0.1, 0.15) is 33.3 Å². The van der Waals surface area contributed by atoms with E-state index in [4.69, 9.17) is 0 Å². The fourth-order valence-corrected chi connectivity index (χ4v) is 4.11. The summed E-state index contributed by atoms with van der Waals surface area (Å²) in [5.41, 5.74) is 2.16. The average Bonchev–Trinajstić information content (AvgIpc) is 2.92. The van der Waals surface area contributed by atoms with Crippen LogP contribution in [0.3, 0.4) is 0 Å². The third kappa shape index (κ3) is 7.31. The van der Waals surface area contributed by atoms with Crippen molar-refractivity contribution in [1.29, 1.82) is 0 Å². The highest BCUT2D eigenvalue weighted by molar-refractivity contribution is 7.85. The first-order valence-electron chi connectivity index (χ1n) is 10.1. The molecule has 6 nitrogen and oxygen atoms in total. The van der Waals surface area contributed by atoms with Gasteiger partial charge in [0, 0.05) is 18.7 Å². The quantitative estimate of drug-likeness (QED) is 0.579. The van der Waals surface area contributed by atoms with Crippen LogP contribution in [0.2, 0.25) is 0 Å². The van der Waals surface area contributed by atoms with E-state index in [9.17, 15) is 18.1 Å². The zero-order valence-corrected chi connectivity index (χ0v) is 18.4. The second kappa shape index (κ2) is 11.3. The molecule has 0 spiro atoms. The molecule has 0 radical (unpaired) electrons. The van der Waals surface area contributed by atoms with Gasteiger partial charge < -0.3 is 19.0 Å². The maximum absolute atomic E-state index is 10.4. The van der Waals surface area contributed by atoms with Gasteiger partial charge in [0.1, 0.15) is 15.9 Å². The maximum Gasteiger partial charge on any atom is 0.124 e. The Kier molecular flexibility index (Phi) is 9.81. The highest BCUT2D eigenvalue weighted by Crippen LogP contribution is 2.21. The lowest BCUT2D eigenvalue weighted by Crippen LogP contribution is -2.50. The number of rotatable bonds is 4. The Hall–Kier alpha value is -2.09. The summed E-state index contributed by atoms with van der Waals surface area (Å²) >= 11 is 0. The first-order chi connectivity index (χ1) is 13.7. The highest BCUT2D eigenvalue weighted by Gasteiger charge is 2.27. The Morgan fingerprint density at radius 3 is 2.03 bits per heavy atom. The van der Waals surface area contributed by atoms with Crippen molar-refractivity contribution < 1.29 is 22.6 Å². The summed E-state index contributed by atoms with van der Waals surface area (Å²) in [6.45, 7) is 13.7. The summed E-state index contributed by atoms with van der Waals surface area (Å²) in [7, 11) is -4.27. The van der Waals surface area contributed by atoms with E-state index in [0.717, 1.165) is 18.7 Å². The predicted molar refractivity (Wildman–Crippen MR) is 122 cm³/mol. The second-order valence-corrected chi connectivity index (χ2v) is 8.93. The van der Waals surface area contributed by atoms with Gasteiger partial charge in [-0.05, 0) is 57.2 Å². The van der Waals surface area contributed by atoms with Gasteiger partial charge in [-0.25, -0.2) is 8.42 Å². The lowest BCUT2D eigenvalue weighted by atomic mass is 10.2. The molecule has 7 heteroatoms. The molecule has 1 fully saturated rings. The SMILES string of the molecule is C.CC[N+]1(CC)CCCN(c2ccc(O)cc2)CC1.Cc1ccc(S(=O)(=O)[O-])cc1. The smallest absolute Gasteiger partial charge is 0.124 e. The average molecular weight is 437 g/mol. The predicted octanol–water partition coefficient (Wildman–Crippen LogP) is 3.99. The van der Waals surface area contributed by atoms with Gasteiger partial charge in [0.2, 0.25) is 0 Å².